The number of hydrogen-bond donors (Lipinski definition) is 0. The van der Waals surface area contributed by atoms with Crippen LogP contribution in [0.1, 0.15) is 27.7 Å². The zero-order valence-electron chi connectivity index (χ0n) is 21.5. The summed E-state index contributed by atoms with van der Waals surface area (Å²) in [6.45, 7) is 16.5. The monoisotopic (exact) mass is 492 g/mol. The van der Waals surface area contributed by atoms with E-state index in [4.69, 9.17) is 9.31 Å². The Balaban J connectivity index is 1.87. The van der Waals surface area contributed by atoms with Crippen LogP contribution in [0, 0.1) is 0 Å². The van der Waals surface area contributed by atoms with Gasteiger partial charge in [-0.15, -0.1) is 0 Å². The second-order valence-corrected chi connectivity index (χ2v) is 16.3. The van der Waals surface area contributed by atoms with Crippen LogP contribution in [0.15, 0.2) is 66.7 Å². The van der Waals surface area contributed by atoms with E-state index in [1.165, 1.54) is 10.9 Å². The molecule has 1 aliphatic rings. The Morgan fingerprint density at radius 1 is 0.735 bits per heavy atom. The van der Waals surface area contributed by atoms with Gasteiger partial charge in [0.1, 0.15) is 7.14 Å². The summed E-state index contributed by atoms with van der Waals surface area (Å²) in [6, 6.07) is 23.4. The van der Waals surface area contributed by atoms with Crippen molar-refractivity contribution in [2.75, 3.05) is 26.7 Å². The molecule has 34 heavy (non-hydrogen) atoms. The smallest absolute Gasteiger partial charge is 0.399 e. The lowest BCUT2D eigenvalue weighted by atomic mass is 9.76. The third-order valence-electron chi connectivity index (χ3n) is 6.98. The minimum absolute atomic E-state index is 0.193. The molecular weight excluding hydrogens is 457 g/mol. The summed E-state index contributed by atoms with van der Waals surface area (Å²) in [5.74, 6) is 0. The highest BCUT2D eigenvalue weighted by Crippen LogP contribution is 2.38. The van der Waals surface area contributed by atoms with Crippen molar-refractivity contribution >= 4 is 38.3 Å². The largest absolute Gasteiger partial charge is 0.494 e. The van der Waals surface area contributed by atoms with E-state index in [0.29, 0.717) is 0 Å². The maximum Gasteiger partial charge on any atom is 0.494 e. The third-order valence-corrected chi connectivity index (χ3v) is 9.81. The van der Waals surface area contributed by atoms with Crippen LogP contribution in [0.5, 0.6) is 0 Å². The van der Waals surface area contributed by atoms with Crippen molar-refractivity contribution in [3.05, 3.63) is 66.7 Å². The molecule has 3 aromatic rings. The standard InChI is InChI=1S/C28H35BO3P2/c1-27(2)28(3,4)32-29(31-27)24-16-22(20-11-9-13-25(18-20)33(5)6)15-23(17-24)21-12-10-14-26(19-21)34(7,8)30/h9-19H,1-8H3. The Hall–Kier alpha value is -1.70. The molecule has 0 atom stereocenters. The van der Waals surface area contributed by atoms with Crippen molar-refractivity contribution in [2.24, 2.45) is 0 Å². The lowest BCUT2D eigenvalue weighted by molar-refractivity contribution is 0.00578. The van der Waals surface area contributed by atoms with E-state index in [0.717, 1.165) is 27.5 Å². The molecule has 1 fully saturated rings. The van der Waals surface area contributed by atoms with Gasteiger partial charge >= 0.3 is 7.12 Å². The molecule has 0 N–H and O–H groups in total. The first-order valence-electron chi connectivity index (χ1n) is 11.7. The number of rotatable bonds is 5. The highest BCUT2D eigenvalue weighted by molar-refractivity contribution is 7.70. The molecule has 178 valence electrons. The Labute approximate surface area is 206 Å². The first-order valence-corrected chi connectivity index (χ1v) is 16.5. The molecule has 0 saturated carbocycles. The van der Waals surface area contributed by atoms with Crippen molar-refractivity contribution < 1.29 is 13.9 Å². The van der Waals surface area contributed by atoms with E-state index in [2.05, 4.69) is 95.6 Å². The number of hydrogen-bond acceptors (Lipinski definition) is 3. The third kappa shape index (κ3) is 5.12. The number of benzene rings is 3. The van der Waals surface area contributed by atoms with Crippen molar-refractivity contribution in [3.8, 4) is 22.3 Å². The van der Waals surface area contributed by atoms with Crippen LogP contribution in [0.2, 0.25) is 0 Å². The maximum absolute atomic E-state index is 12.8. The molecule has 0 aromatic heterocycles. The predicted molar refractivity (Wildman–Crippen MR) is 151 cm³/mol. The van der Waals surface area contributed by atoms with E-state index < -0.39 is 25.5 Å². The molecular formula is C28H35BO3P2. The summed E-state index contributed by atoms with van der Waals surface area (Å²) in [7, 11) is -3.01. The molecule has 0 spiro atoms. The minimum atomic E-state index is -2.37. The van der Waals surface area contributed by atoms with E-state index >= 15 is 0 Å². The van der Waals surface area contributed by atoms with Crippen molar-refractivity contribution in [3.63, 3.8) is 0 Å². The topological polar surface area (TPSA) is 35.5 Å². The van der Waals surface area contributed by atoms with Gasteiger partial charge in [-0.2, -0.15) is 0 Å². The molecule has 0 bridgehead atoms. The molecule has 0 radical (unpaired) electrons. The summed E-state index contributed by atoms with van der Waals surface area (Å²) < 4.78 is 25.6. The molecule has 1 aliphatic heterocycles. The lowest BCUT2D eigenvalue weighted by Crippen LogP contribution is -2.41. The van der Waals surface area contributed by atoms with Crippen molar-refractivity contribution in [2.45, 2.75) is 38.9 Å². The van der Waals surface area contributed by atoms with E-state index in [9.17, 15) is 4.57 Å². The average Bonchev–Trinajstić information content (AvgIpc) is 3.00. The van der Waals surface area contributed by atoms with Gasteiger partial charge in [-0.25, -0.2) is 0 Å². The van der Waals surface area contributed by atoms with Crippen molar-refractivity contribution in [1.82, 2.24) is 0 Å². The fourth-order valence-electron chi connectivity index (χ4n) is 4.08. The summed E-state index contributed by atoms with van der Waals surface area (Å²) in [5, 5.41) is 2.26. The van der Waals surface area contributed by atoms with Gasteiger partial charge in [0, 0.05) is 5.30 Å². The van der Waals surface area contributed by atoms with Gasteiger partial charge in [0.25, 0.3) is 0 Å². The lowest BCUT2D eigenvalue weighted by Gasteiger charge is -2.32. The first-order chi connectivity index (χ1) is 15.8. The molecule has 1 heterocycles. The van der Waals surface area contributed by atoms with Gasteiger partial charge in [-0.05, 0) is 106 Å². The summed E-state index contributed by atoms with van der Waals surface area (Å²) in [4.78, 5) is 0. The molecule has 0 unspecified atom stereocenters. The van der Waals surface area contributed by atoms with E-state index in [1.54, 1.807) is 0 Å². The predicted octanol–water partition coefficient (Wildman–Crippen LogP) is 5.93. The minimum Gasteiger partial charge on any atom is -0.399 e. The zero-order chi connectivity index (χ0) is 24.9. The fraction of sp³-hybridized carbons (Fsp3) is 0.357. The van der Waals surface area contributed by atoms with Gasteiger partial charge in [0.05, 0.1) is 11.2 Å². The van der Waals surface area contributed by atoms with Gasteiger partial charge in [-0.3, -0.25) is 0 Å². The van der Waals surface area contributed by atoms with Gasteiger partial charge in [-0.1, -0.05) is 56.5 Å². The average molecular weight is 492 g/mol. The maximum atomic E-state index is 12.8. The second kappa shape index (κ2) is 9.07. The van der Waals surface area contributed by atoms with Crippen LogP contribution in [-0.2, 0) is 13.9 Å². The Morgan fingerprint density at radius 2 is 1.26 bits per heavy atom. The second-order valence-electron chi connectivity index (χ2n) is 10.8. The SMILES string of the molecule is CP(C)c1cccc(-c2cc(B3OC(C)(C)C(C)(C)O3)cc(-c3cccc(P(C)(C)=O)c3)c2)c1. The van der Waals surface area contributed by atoms with Gasteiger partial charge in [0.15, 0.2) is 0 Å². The van der Waals surface area contributed by atoms with Crippen LogP contribution in [0.25, 0.3) is 22.3 Å². The van der Waals surface area contributed by atoms with Crippen molar-refractivity contribution in [1.29, 1.82) is 0 Å². The van der Waals surface area contributed by atoms with Crippen LogP contribution < -0.4 is 16.1 Å². The quantitative estimate of drug-likeness (QED) is 0.327. The first kappa shape index (κ1) is 25.4. The Kier molecular flexibility index (Phi) is 6.77. The Bertz CT molecular complexity index is 1240. The molecule has 0 amide bonds. The highest BCUT2D eigenvalue weighted by Gasteiger charge is 2.51. The normalized spacial score (nSPS) is 17.4. The molecule has 0 aliphatic carbocycles. The summed E-state index contributed by atoms with van der Waals surface area (Å²) >= 11 is 0. The molecule has 1 saturated heterocycles. The van der Waals surface area contributed by atoms with Crippen LogP contribution in [0.4, 0.5) is 0 Å². The summed E-state index contributed by atoms with van der Waals surface area (Å²) in [5.41, 5.74) is 4.59. The Morgan fingerprint density at radius 3 is 1.79 bits per heavy atom. The van der Waals surface area contributed by atoms with E-state index in [1.807, 2.05) is 25.5 Å². The fourth-order valence-corrected chi connectivity index (χ4v) is 5.76. The molecule has 6 heteroatoms. The van der Waals surface area contributed by atoms with E-state index in [-0.39, 0.29) is 7.92 Å². The van der Waals surface area contributed by atoms with Gasteiger partial charge < -0.3 is 13.9 Å². The highest BCUT2D eigenvalue weighted by atomic mass is 31.2. The van der Waals surface area contributed by atoms with Crippen LogP contribution in [-0.4, -0.2) is 45.0 Å². The summed E-state index contributed by atoms with van der Waals surface area (Å²) in [6.07, 6.45) is 0. The molecule has 4 rings (SSSR count). The molecule has 3 aromatic carbocycles. The van der Waals surface area contributed by atoms with Crippen LogP contribution in [0.3, 0.4) is 0 Å². The molecule has 3 nitrogen and oxygen atoms in total. The zero-order valence-corrected chi connectivity index (χ0v) is 23.3. The van der Waals surface area contributed by atoms with Crippen LogP contribution >= 0.6 is 15.1 Å². The van der Waals surface area contributed by atoms with Gasteiger partial charge in [0.2, 0.25) is 0 Å².